The molecule has 0 aromatic rings. The van der Waals surface area contributed by atoms with E-state index >= 15 is 0 Å². The van der Waals surface area contributed by atoms with E-state index in [0.717, 1.165) is 12.8 Å². The molecule has 0 bridgehead atoms. The van der Waals surface area contributed by atoms with Crippen molar-refractivity contribution in [1.82, 2.24) is 9.80 Å². The Labute approximate surface area is 125 Å². The van der Waals surface area contributed by atoms with Gasteiger partial charge in [-0.3, -0.25) is 0 Å². The molecule has 1 rings (SSSR count). The second-order valence-electron chi connectivity index (χ2n) is 5.62. The molecule has 1 fully saturated rings. The molecular weight excluding hydrogens is 276 g/mol. The molecule has 1 heterocycles. The number of amides is 2. The Morgan fingerprint density at radius 3 is 2.67 bits per heavy atom. The normalized spacial score (nSPS) is 23.7. The lowest BCUT2D eigenvalue weighted by molar-refractivity contribution is -0.144. The van der Waals surface area contributed by atoms with Crippen LogP contribution in [0.25, 0.3) is 0 Å². The Kier molecular flexibility index (Phi) is 6.91. The van der Waals surface area contributed by atoms with Crippen LogP contribution in [0.2, 0.25) is 0 Å². The zero-order valence-corrected chi connectivity index (χ0v) is 13.0. The van der Waals surface area contributed by atoms with Crippen LogP contribution < -0.4 is 0 Å². The van der Waals surface area contributed by atoms with Crippen molar-refractivity contribution in [3.05, 3.63) is 0 Å². The van der Waals surface area contributed by atoms with Gasteiger partial charge in [0.15, 0.2) is 0 Å². The number of aliphatic hydroxyl groups is 1. The van der Waals surface area contributed by atoms with E-state index in [1.165, 1.54) is 16.9 Å². The highest BCUT2D eigenvalue weighted by Crippen LogP contribution is 2.26. The molecule has 7 heteroatoms. The molecule has 2 amide bonds. The third kappa shape index (κ3) is 4.86. The number of hydrogen-bond acceptors (Lipinski definition) is 4. The van der Waals surface area contributed by atoms with Crippen LogP contribution in [-0.2, 0) is 9.53 Å². The van der Waals surface area contributed by atoms with Crippen molar-refractivity contribution in [2.75, 3.05) is 33.9 Å². The highest BCUT2D eigenvalue weighted by molar-refractivity contribution is 5.82. The topological polar surface area (TPSA) is 90.3 Å². The molecule has 0 aromatic heterocycles. The minimum absolute atomic E-state index is 0.118. The number of piperidine rings is 1. The van der Waals surface area contributed by atoms with Gasteiger partial charge in [0.2, 0.25) is 0 Å². The minimum Gasteiger partial charge on any atom is -0.480 e. The molecule has 0 aliphatic carbocycles. The third-order valence-electron chi connectivity index (χ3n) is 3.99. The first-order valence-corrected chi connectivity index (χ1v) is 7.32. The van der Waals surface area contributed by atoms with Crippen LogP contribution in [0.3, 0.4) is 0 Å². The maximum absolute atomic E-state index is 12.4. The van der Waals surface area contributed by atoms with Gasteiger partial charge in [-0.25, -0.2) is 9.59 Å². The molecule has 0 saturated carbocycles. The van der Waals surface area contributed by atoms with Crippen LogP contribution in [0.4, 0.5) is 4.79 Å². The van der Waals surface area contributed by atoms with Gasteiger partial charge >= 0.3 is 12.0 Å². The van der Waals surface area contributed by atoms with Gasteiger partial charge in [-0.05, 0) is 18.8 Å². The number of carboxylic acid groups (broad SMARTS) is 1. The van der Waals surface area contributed by atoms with Gasteiger partial charge in [0, 0.05) is 20.7 Å². The van der Waals surface area contributed by atoms with Crippen LogP contribution in [0.15, 0.2) is 0 Å². The summed E-state index contributed by atoms with van der Waals surface area (Å²) in [6, 6.07) is -1.13. The second-order valence-corrected chi connectivity index (χ2v) is 5.62. The van der Waals surface area contributed by atoms with Crippen molar-refractivity contribution in [3.8, 4) is 0 Å². The quantitative estimate of drug-likeness (QED) is 0.750. The average molecular weight is 302 g/mol. The first kappa shape index (κ1) is 17.7. The first-order valence-electron chi connectivity index (χ1n) is 7.32. The standard InChI is InChI=1S/C14H26N2O5/c1-4-10-5-6-16(12(7-10)13(18)19)14(20)15(2)8-11(17)9-21-3/h10-12,17H,4-9H2,1-3H3,(H,18,19). The lowest BCUT2D eigenvalue weighted by Gasteiger charge is -2.39. The number of carboxylic acids is 1. The molecule has 3 unspecified atom stereocenters. The summed E-state index contributed by atoms with van der Waals surface area (Å²) in [6.07, 6.45) is 1.46. The lowest BCUT2D eigenvalue weighted by Crippen LogP contribution is -2.54. The number of aliphatic hydroxyl groups excluding tert-OH is 1. The fourth-order valence-electron chi connectivity index (χ4n) is 2.73. The molecule has 3 atom stereocenters. The zero-order valence-electron chi connectivity index (χ0n) is 13.0. The number of ether oxygens (including phenoxy) is 1. The van der Waals surface area contributed by atoms with E-state index in [4.69, 9.17) is 4.74 Å². The summed E-state index contributed by atoms with van der Waals surface area (Å²) in [4.78, 5) is 26.5. The van der Waals surface area contributed by atoms with Gasteiger partial charge in [-0.15, -0.1) is 0 Å². The highest BCUT2D eigenvalue weighted by atomic mass is 16.5. The van der Waals surface area contributed by atoms with Crippen molar-refractivity contribution in [1.29, 1.82) is 0 Å². The Hall–Kier alpha value is -1.34. The van der Waals surface area contributed by atoms with E-state index in [9.17, 15) is 19.8 Å². The Balaban J connectivity index is 2.68. The van der Waals surface area contributed by atoms with E-state index in [2.05, 4.69) is 0 Å². The van der Waals surface area contributed by atoms with Crippen molar-refractivity contribution in [2.24, 2.45) is 5.92 Å². The molecule has 0 radical (unpaired) electrons. The largest absolute Gasteiger partial charge is 0.480 e. The van der Waals surface area contributed by atoms with Gasteiger partial charge in [0.1, 0.15) is 6.04 Å². The van der Waals surface area contributed by atoms with Crippen molar-refractivity contribution in [3.63, 3.8) is 0 Å². The molecule has 1 aliphatic heterocycles. The van der Waals surface area contributed by atoms with Crippen molar-refractivity contribution >= 4 is 12.0 Å². The van der Waals surface area contributed by atoms with Crippen LogP contribution in [0, 0.1) is 5.92 Å². The predicted molar refractivity (Wildman–Crippen MR) is 77.1 cm³/mol. The number of carbonyl (C=O) groups is 2. The van der Waals surface area contributed by atoms with Crippen LogP contribution in [0.5, 0.6) is 0 Å². The van der Waals surface area contributed by atoms with E-state index in [-0.39, 0.29) is 19.2 Å². The highest BCUT2D eigenvalue weighted by Gasteiger charge is 2.37. The molecule has 0 spiro atoms. The van der Waals surface area contributed by atoms with Gasteiger partial charge in [0.05, 0.1) is 19.3 Å². The maximum atomic E-state index is 12.4. The van der Waals surface area contributed by atoms with Crippen LogP contribution in [-0.4, -0.2) is 78.0 Å². The van der Waals surface area contributed by atoms with E-state index < -0.39 is 18.1 Å². The van der Waals surface area contributed by atoms with E-state index in [0.29, 0.717) is 18.9 Å². The summed E-state index contributed by atoms with van der Waals surface area (Å²) in [5.41, 5.74) is 0. The SMILES string of the molecule is CCC1CCN(C(=O)N(C)CC(O)COC)C(C(=O)O)C1. The molecular formula is C14H26N2O5. The third-order valence-corrected chi connectivity index (χ3v) is 3.99. The summed E-state index contributed by atoms with van der Waals surface area (Å²) in [5.74, 6) is -0.619. The summed E-state index contributed by atoms with van der Waals surface area (Å²) >= 11 is 0. The second kappa shape index (κ2) is 8.19. The fourth-order valence-corrected chi connectivity index (χ4v) is 2.73. The summed E-state index contributed by atoms with van der Waals surface area (Å²) < 4.78 is 4.82. The molecule has 2 N–H and O–H groups in total. The number of carbonyl (C=O) groups excluding carboxylic acids is 1. The summed E-state index contributed by atoms with van der Waals surface area (Å²) in [6.45, 7) is 2.73. The van der Waals surface area contributed by atoms with Gasteiger partial charge in [0.25, 0.3) is 0 Å². The molecule has 0 aromatic carbocycles. The average Bonchev–Trinajstić information content (AvgIpc) is 2.45. The first-order chi connectivity index (χ1) is 9.90. The molecule has 1 saturated heterocycles. The number of likely N-dealkylation sites (N-methyl/N-ethyl adjacent to an activating group) is 1. The number of nitrogens with zero attached hydrogens (tertiary/aromatic N) is 2. The van der Waals surface area contributed by atoms with Gasteiger partial charge in [-0.1, -0.05) is 13.3 Å². The smallest absolute Gasteiger partial charge is 0.326 e. The number of likely N-dealkylation sites (tertiary alicyclic amines) is 1. The number of aliphatic carboxylic acids is 1. The van der Waals surface area contributed by atoms with E-state index in [1.807, 2.05) is 6.92 Å². The van der Waals surface area contributed by atoms with Gasteiger partial charge < -0.3 is 24.7 Å². The number of hydrogen-bond donors (Lipinski definition) is 2. The lowest BCUT2D eigenvalue weighted by atomic mass is 9.89. The number of urea groups is 1. The van der Waals surface area contributed by atoms with Crippen LogP contribution in [0.1, 0.15) is 26.2 Å². The number of rotatable bonds is 6. The summed E-state index contributed by atoms with van der Waals surface area (Å²) in [7, 11) is 3.03. The Bertz CT molecular complexity index is 363. The Morgan fingerprint density at radius 2 is 2.14 bits per heavy atom. The summed E-state index contributed by atoms with van der Waals surface area (Å²) in [5, 5.41) is 19.0. The van der Waals surface area contributed by atoms with E-state index in [1.54, 1.807) is 7.05 Å². The fraction of sp³-hybridized carbons (Fsp3) is 0.857. The molecule has 1 aliphatic rings. The van der Waals surface area contributed by atoms with Crippen molar-refractivity contribution < 1.29 is 24.5 Å². The molecule has 21 heavy (non-hydrogen) atoms. The Morgan fingerprint density at radius 1 is 1.48 bits per heavy atom. The van der Waals surface area contributed by atoms with Crippen molar-refractivity contribution in [2.45, 2.75) is 38.3 Å². The zero-order chi connectivity index (χ0) is 16.0. The predicted octanol–water partition coefficient (Wildman–Crippen LogP) is 0.621. The number of methoxy groups -OCH3 is 1. The molecule has 7 nitrogen and oxygen atoms in total. The maximum Gasteiger partial charge on any atom is 0.326 e. The molecule has 122 valence electrons. The monoisotopic (exact) mass is 302 g/mol. The van der Waals surface area contributed by atoms with Crippen LogP contribution >= 0.6 is 0 Å². The minimum atomic E-state index is -0.965. The van der Waals surface area contributed by atoms with Gasteiger partial charge in [-0.2, -0.15) is 0 Å².